The molecule has 31 heavy (non-hydrogen) atoms. The van der Waals surface area contributed by atoms with Gasteiger partial charge < -0.3 is 9.84 Å². The molecule has 0 radical (unpaired) electrons. The van der Waals surface area contributed by atoms with Crippen molar-refractivity contribution < 1.29 is 19.6 Å². The lowest BCUT2D eigenvalue weighted by atomic mass is 10.2. The predicted molar refractivity (Wildman–Crippen MR) is 120 cm³/mol. The number of nitrogens with one attached hydrogen (secondary N) is 1. The van der Waals surface area contributed by atoms with Gasteiger partial charge in [0.15, 0.2) is 17.2 Å². The number of amides is 1. The van der Waals surface area contributed by atoms with Crippen molar-refractivity contribution in [2.45, 2.75) is 6.54 Å². The maximum Gasteiger partial charge on any atom is 0.293 e. The Morgan fingerprint density at radius 1 is 1.35 bits per heavy atom. The summed E-state index contributed by atoms with van der Waals surface area (Å²) in [5.41, 5.74) is 3.10. The fourth-order valence-electron chi connectivity index (χ4n) is 2.60. The van der Waals surface area contributed by atoms with Gasteiger partial charge in [-0.15, -0.1) is 0 Å². The number of benzene rings is 2. The Labute approximate surface area is 192 Å². The summed E-state index contributed by atoms with van der Waals surface area (Å²) in [6.07, 6.45) is 2.74. The van der Waals surface area contributed by atoms with Gasteiger partial charge in [0.2, 0.25) is 0 Å². The molecule has 3 rings (SSSR count). The molecule has 0 saturated carbocycles. The van der Waals surface area contributed by atoms with E-state index < -0.39 is 10.8 Å². The van der Waals surface area contributed by atoms with Crippen LogP contribution in [0.3, 0.4) is 0 Å². The minimum absolute atomic E-state index is 0.00573. The van der Waals surface area contributed by atoms with Gasteiger partial charge in [0.25, 0.3) is 11.6 Å². The average Bonchev–Trinajstić information content (AvgIpc) is 3.10. The first-order valence-corrected chi connectivity index (χ1v) is 10.2. The number of hydrogen-bond acceptors (Lipinski definition) is 7. The van der Waals surface area contributed by atoms with Crippen LogP contribution >= 0.6 is 31.9 Å². The molecule has 0 saturated heterocycles. The zero-order chi connectivity index (χ0) is 22.5. The molecule has 0 spiro atoms. The molecule has 2 aromatic carbocycles. The van der Waals surface area contributed by atoms with Gasteiger partial charge in [0.05, 0.1) is 35.3 Å². The molecule has 1 heterocycles. The lowest BCUT2D eigenvalue weighted by Crippen LogP contribution is -2.19. The number of rotatable bonds is 7. The minimum Gasteiger partial charge on any atom is -0.504 e. The third kappa shape index (κ3) is 5.47. The topological polar surface area (TPSA) is 132 Å². The molecule has 3 aromatic rings. The van der Waals surface area contributed by atoms with Crippen molar-refractivity contribution in [1.29, 1.82) is 0 Å². The van der Waals surface area contributed by atoms with E-state index in [9.17, 15) is 20.0 Å². The van der Waals surface area contributed by atoms with Gasteiger partial charge in [0.1, 0.15) is 0 Å². The smallest absolute Gasteiger partial charge is 0.293 e. The second kappa shape index (κ2) is 9.71. The summed E-state index contributed by atoms with van der Waals surface area (Å²) in [5, 5.41) is 29.1. The van der Waals surface area contributed by atoms with Crippen molar-refractivity contribution in [1.82, 2.24) is 15.2 Å². The van der Waals surface area contributed by atoms with Gasteiger partial charge in [-0.1, -0.05) is 28.1 Å². The van der Waals surface area contributed by atoms with Gasteiger partial charge in [-0.3, -0.25) is 19.6 Å². The van der Waals surface area contributed by atoms with Gasteiger partial charge in [-0.2, -0.15) is 10.2 Å². The average molecular weight is 553 g/mol. The van der Waals surface area contributed by atoms with Crippen molar-refractivity contribution >= 4 is 49.7 Å². The summed E-state index contributed by atoms with van der Waals surface area (Å²) >= 11 is 6.68. The zero-order valence-corrected chi connectivity index (χ0v) is 19.1. The van der Waals surface area contributed by atoms with E-state index in [0.29, 0.717) is 11.0 Å². The Morgan fingerprint density at radius 3 is 2.71 bits per heavy atom. The van der Waals surface area contributed by atoms with Crippen LogP contribution in [0, 0.1) is 10.1 Å². The highest BCUT2D eigenvalue weighted by atomic mass is 79.9. The van der Waals surface area contributed by atoms with E-state index in [4.69, 9.17) is 4.74 Å². The van der Waals surface area contributed by atoms with Gasteiger partial charge >= 0.3 is 0 Å². The Hall–Kier alpha value is -3.25. The Kier molecular flexibility index (Phi) is 7.02. The molecule has 0 aliphatic carbocycles. The molecule has 10 nitrogen and oxygen atoms in total. The van der Waals surface area contributed by atoms with E-state index in [2.05, 4.69) is 47.5 Å². The summed E-state index contributed by atoms with van der Waals surface area (Å²) < 4.78 is 7.95. The number of ether oxygens (including phenoxy) is 1. The standard InChI is InChI=1S/C19H15Br2N5O5/c1-31-16-7-14(26(29)30)6-12(18(16)27)8-22-23-19(28)17-15(21)10-25(24-17)9-11-2-4-13(20)5-3-11/h2-8,10,27H,9H2,1H3,(H,23,28)/b22-8-. The summed E-state index contributed by atoms with van der Waals surface area (Å²) in [7, 11) is 1.27. The number of aromatic nitrogens is 2. The molecular weight excluding hydrogens is 538 g/mol. The summed E-state index contributed by atoms with van der Waals surface area (Å²) in [6, 6.07) is 9.88. The molecule has 2 N–H and O–H groups in total. The van der Waals surface area contributed by atoms with Crippen molar-refractivity contribution in [3.05, 3.63) is 78.5 Å². The van der Waals surface area contributed by atoms with Gasteiger partial charge in [-0.25, -0.2) is 5.43 Å². The molecule has 0 unspecified atom stereocenters. The lowest BCUT2D eigenvalue weighted by Gasteiger charge is -2.05. The largest absolute Gasteiger partial charge is 0.504 e. The maximum atomic E-state index is 12.4. The van der Waals surface area contributed by atoms with Crippen LogP contribution in [0.2, 0.25) is 0 Å². The number of phenols is 1. The van der Waals surface area contributed by atoms with Crippen molar-refractivity contribution in [3.63, 3.8) is 0 Å². The highest BCUT2D eigenvalue weighted by Gasteiger charge is 2.17. The Morgan fingerprint density at radius 2 is 2.06 bits per heavy atom. The third-order valence-electron chi connectivity index (χ3n) is 4.08. The molecule has 1 amide bonds. The molecule has 0 aliphatic rings. The number of aromatic hydroxyl groups is 1. The summed E-state index contributed by atoms with van der Waals surface area (Å²) in [5.74, 6) is -1.03. The predicted octanol–water partition coefficient (Wildman–Crippen LogP) is 3.84. The van der Waals surface area contributed by atoms with E-state index in [1.54, 1.807) is 10.9 Å². The van der Waals surface area contributed by atoms with Crippen LogP contribution in [0.4, 0.5) is 5.69 Å². The monoisotopic (exact) mass is 551 g/mol. The van der Waals surface area contributed by atoms with Crippen molar-refractivity contribution in [2.75, 3.05) is 7.11 Å². The summed E-state index contributed by atoms with van der Waals surface area (Å²) in [6.45, 7) is 0.462. The number of halogens is 2. The number of methoxy groups -OCH3 is 1. The van der Waals surface area contributed by atoms with Crippen LogP contribution < -0.4 is 10.2 Å². The fraction of sp³-hybridized carbons (Fsp3) is 0.105. The van der Waals surface area contributed by atoms with Crippen molar-refractivity contribution in [3.8, 4) is 11.5 Å². The number of hydrogen-bond donors (Lipinski definition) is 2. The van der Waals surface area contributed by atoms with Crippen LogP contribution in [-0.2, 0) is 6.54 Å². The number of nitro groups is 1. The normalized spacial score (nSPS) is 10.9. The zero-order valence-electron chi connectivity index (χ0n) is 16.0. The maximum absolute atomic E-state index is 12.4. The molecule has 0 bridgehead atoms. The van der Waals surface area contributed by atoms with E-state index in [1.165, 1.54) is 7.11 Å². The summed E-state index contributed by atoms with van der Waals surface area (Å²) in [4.78, 5) is 22.8. The van der Waals surface area contributed by atoms with E-state index in [1.807, 2.05) is 24.3 Å². The first kappa shape index (κ1) is 22.4. The number of carbonyl (C=O) groups excluding carboxylic acids is 1. The highest BCUT2D eigenvalue weighted by Crippen LogP contribution is 2.33. The Bertz CT molecular complexity index is 1160. The molecule has 0 aliphatic heterocycles. The highest BCUT2D eigenvalue weighted by molar-refractivity contribution is 9.10. The van der Waals surface area contributed by atoms with Crippen LogP contribution in [-0.4, -0.2) is 39.0 Å². The number of nitrogens with zero attached hydrogens (tertiary/aromatic N) is 4. The van der Waals surface area contributed by atoms with Crippen LogP contribution in [0.15, 0.2) is 56.6 Å². The van der Waals surface area contributed by atoms with E-state index >= 15 is 0 Å². The first-order valence-electron chi connectivity index (χ1n) is 8.64. The molecule has 0 fully saturated rings. The number of phenolic OH excluding ortho intramolecular Hbond substituents is 1. The molecule has 160 valence electrons. The number of non-ortho nitro benzene ring substituents is 1. The minimum atomic E-state index is -0.632. The molecule has 1 aromatic heterocycles. The van der Waals surface area contributed by atoms with E-state index in [0.717, 1.165) is 28.4 Å². The van der Waals surface area contributed by atoms with Gasteiger partial charge in [-0.05, 0) is 33.6 Å². The second-order valence-electron chi connectivity index (χ2n) is 6.19. The number of hydrazone groups is 1. The number of carbonyl (C=O) groups is 1. The Balaban J connectivity index is 1.73. The van der Waals surface area contributed by atoms with Crippen LogP contribution in [0.1, 0.15) is 21.6 Å². The fourth-order valence-corrected chi connectivity index (χ4v) is 3.36. The third-order valence-corrected chi connectivity index (χ3v) is 5.19. The molecule has 12 heteroatoms. The second-order valence-corrected chi connectivity index (χ2v) is 7.96. The quantitative estimate of drug-likeness (QED) is 0.260. The van der Waals surface area contributed by atoms with Crippen LogP contribution in [0.25, 0.3) is 0 Å². The molecule has 0 atom stereocenters. The van der Waals surface area contributed by atoms with Gasteiger partial charge in [0, 0.05) is 22.3 Å². The van der Waals surface area contributed by atoms with E-state index in [-0.39, 0.29) is 28.4 Å². The SMILES string of the molecule is COc1cc([N+](=O)[O-])cc(/C=N\NC(=O)c2nn(Cc3ccc(Br)cc3)cc2Br)c1O. The van der Waals surface area contributed by atoms with Crippen LogP contribution in [0.5, 0.6) is 11.5 Å². The molecular formula is C19H15Br2N5O5. The first-order chi connectivity index (χ1) is 14.8. The lowest BCUT2D eigenvalue weighted by molar-refractivity contribution is -0.385. The number of nitro benzene ring substituents is 1. The van der Waals surface area contributed by atoms with Crippen molar-refractivity contribution in [2.24, 2.45) is 5.10 Å².